The van der Waals surface area contributed by atoms with E-state index in [-0.39, 0.29) is 23.8 Å². The van der Waals surface area contributed by atoms with Crippen molar-refractivity contribution < 1.29 is 9.18 Å². The van der Waals surface area contributed by atoms with Crippen molar-refractivity contribution in [2.75, 3.05) is 0 Å². The Morgan fingerprint density at radius 1 is 1.20 bits per heavy atom. The van der Waals surface area contributed by atoms with Crippen molar-refractivity contribution in [3.8, 4) is 0 Å². The summed E-state index contributed by atoms with van der Waals surface area (Å²) in [5.74, 6) is -0.260. The highest BCUT2D eigenvalue weighted by Crippen LogP contribution is 2.33. The second-order valence-corrected chi connectivity index (χ2v) is 6.62. The van der Waals surface area contributed by atoms with Crippen LogP contribution in [0.4, 0.5) is 4.39 Å². The van der Waals surface area contributed by atoms with Crippen LogP contribution in [0.25, 0.3) is 10.1 Å². The Hall–Kier alpha value is -1.42. The van der Waals surface area contributed by atoms with Gasteiger partial charge in [-0.05, 0) is 52.3 Å². The summed E-state index contributed by atoms with van der Waals surface area (Å²) in [5.41, 5.74) is 0.749. The molecule has 108 valence electrons. The van der Waals surface area contributed by atoms with Crippen LogP contribution >= 0.6 is 11.3 Å². The number of carbonyl (C=O) groups is 1. The predicted octanol–water partition coefficient (Wildman–Crippen LogP) is 4.61. The SMILES string of the molecule is Cc1c(C(=O)N(C(C)C)C(C)C)sc2cccc(F)c12. The lowest BCUT2D eigenvalue weighted by Crippen LogP contribution is -2.41. The topological polar surface area (TPSA) is 20.3 Å². The van der Waals surface area contributed by atoms with Crippen LogP contribution in [0.15, 0.2) is 18.2 Å². The van der Waals surface area contributed by atoms with E-state index < -0.39 is 0 Å². The zero-order chi connectivity index (χ0) is 15.0. The normalized spacial score (nSPS) is 11.6. The van der Waals surface area contributed by atoms with Gasteiger partial charge >= 0.3 is 0 Å². The Morgan fingerprint density at radius 2 is 1.80 bits per heavy atom. The second-order valence-electron chi connectivity index (χ2n) is 5.57. The molecule has 4 heteroatoms. The molecule has 1 aromatic carbocycles. The molecule has 0 aliphatic rings. The molecule has 0 bridgehead atoms. The van der Waals surface area contributed by atoms with E-state index in [0.717, 1.165) is 10.3 Å². The molecule has 2 rings (SSSR count). The number of thiophene rings is 1. The fraction of sp³-hybridized carbons (Fsp3) is 0.438. The first-order chi connectivity index (χ1) is 9.34. The van der Waals surface area contributed by atoms with Crippen LogP contribution in [-0.4, -0.2) is 22.9 Å². The summed E-state index contributed by atoms with van der Waals surface area (Å²) in [6.07, 6.45) is 0. The summed E-state index contributed by atoms with van der Waals surface area (Å²) < 4.78 is 14.8. The van der Waals surface area contributed by atoms with Gasteiger partial charge in [0.05, 0.1) is 4.88 Å². The monoisotopic (exact) mass is 293 g/mol. The van der Waals surface area contributed by atoms with Gasteiger partial charge in [-0.1, -0.05) is 6.07 Å². The Bertz CT molecular complexity index is 637. The third-order valence-corrected chi connectivity index (χ3v) is 4.69. The Morgan fingerprint density at radius 3 is 2.30 bits per heavy atom. The summed E-state index contributed by atoms with van der Waals surface area (Å²) in [4.78, 5) is 15.2. The van der Waals surface area contributed by atoms with Crippen molar-refractivity contribution in [3.63, 3.8) is 0 Å². The van der Waals surface area contributed by atoms with Gasteiger partial charge in [0.15, 0.2) is 0 Å². The van der Waals surface area contributed by atoms with E-state index in [1.165, 1.54) is 17.4 Å². The van der Waals surface area contributed by atoms with Crippen LogP contribution in [0, 0.1) is 12.7 Å². The molecule has 0 aliphatic carbocycles. The molecular weight excluding hydrogens is 273 g/mol. The molecule has 2 nitrogen and oxygen atoms in total. The van der Waals surface area contributed by atoms with Crippen LogP contribution in [0.5, 0.6) is 0 Å². The molecule has 0 saturated carbocycles. The molecule has 0 spiro atoms. The summed E-state index contributed by atoms with van der Waals surface area (Å²) in [6, 6.07) is 5.24. The van der Waals surface area contributed by atoms with E-state index >= 15 is 0 Å². The van der Waals surface area contributed by atoms with Gasteiger partial charge in [-0.2, -0.15) is 0 Å². The first-order valence-corrected chi connectivity index (χ1v) is 7.66. The van der Waals surface area contributed by atoms with Crippen molar-refractivity contribution in [2.45, 2.75) is 46.7 Å². The molecule has 0 atom stereocenters. The third-order valence-electron chi connectivity index (χ3n) is 3.44. The minimum Gasteiger partial charge on any atom is -0.333 e. The summed E-state index contributed by atoms with van der Waals surface area (Å²) in [5, 5.41) is 0.577. The Labute approximate surface area is 123 Å². The number of carbonyl (C=O) groups excluding carboxylic acids is 1. The number of aryl methyl sites for hydroxylation is 1. The van der Waals surface area contributed by atoms with E-state index in [9.17, 15) is 9.18 Å². The van der Waals surface area contributed by atoms with E-state index in [0.29, 0.717) is 10.3 Å². The number of halogens is 1. The van der Waals surface area contributed by atoms with Gasteiger partial charge in [0.2, 0.25) is 0 Å². The highest BCUT2D eigenvalue weighted by Gasteiger charge is 2.26. The molecule has 0 radical (unpaired) electrons. The van der Waals surface area contributed by atoms with E-state index in [1.54, 1.807) is 6.07 Å². The number of benzene rings is 1. The third kappa shape index (κ3) is 2.44. The largest absolute Gasteiger partial charge is 0.333 e. The standard InChI is InChI=1S/C16H20FNOS/c1-9(2)18(10(3)4)16(19)15-11(5)14-12(17)7-6-8-13(14)20-15/h6-10H,1-5H3. The predicted molar refractivity (Wildman–Crippen MR) is 83.0 cm³/mol. The van der Waals surface area contributed by atoms with Gasteiger partial charge in [0.1, 0.15) is 5.82 Å². The first kappa shape index (κ1) is 15.0. The first-order valence-electron chi connectivity index (χ1n) is 6.84. The van der Waals surface area contributed by atoms with Crippen molar-refractivity contribution in [3.05, 3.63) is 34.5 Å². The summed E-state index contributed by atoms with van der Waals surface area (Å²) >= 11 is 1.38. The van der Waals surface area contributed by atoms with Gasteiger partial charge in [-0.15, -0.1) is 11.3 Å². The van der Waals surface area contributed by atoms with Gasteiger partial charge in [0, 0.05) is 22.2 Å². The maximum atomic E-state index is 13.9. The van der Waals surface area contributed by atoms with Gasteiger partial charge < -0.3 is 4.90 Å². The van der Waals surface area contributed by atoms with Crippen molar-refractivity contribution in [1.82, 2.24) is 4.90 Å². The molecule has 2 aromatic rings. The fourth-order valence-corrected chi connectivity index (χ4v) is 3.81. The average molecular weight is 293 g/mol. The minimum atomic E-state index is -0.254. The number of rotatable bonds is 3. The van der Waals surface area contributed by atoms with E-state index in [1.807, 2.05) is 45.6 Å². The van der Waals surface area contributed by atoms with Crippen LogP contribution < -0.4 is 0 Å². The van der Waals surface area contributed by atoms with Gasteiger partial charge in [-0.25, -0.2) is 4.39 Å². The van der Waals surface area contributed by atoms with Gasteiger partial charge in [0.25, 0.3) is 5.91 Å². The van der Waals surface area contributed by atoms with Crippen LogP contribution in [0.2, 0.25) is 0 Å². The number of hydrogen-bond acceptors (Lipinski definition) is 2. The molecule has 0 unspecified atom stereocenters. The molecular formula is C16H20FNOS. The van der Waals surface area contributed by atoms with Crippen molar-refractivity contribution >= 4 is 27.3 Å². The molecule has 20 heavy (non-hydrogen) atoms. The number of amides is 1. The average Bonchev–Trinajstić information content (AvgIpc) is 2.67. The molecule has 1 amide bonds. The fourth-order valence-electron chi connectivity index (χ4n) is 2.64. The van der Waals surface area contributed by atoms with E-state index in [2.05, 4.69) is 0 Å². The van der Waals surface area contributed by atoms with Gasteiger partial charge in [-0.3, -0.25) is 4.79 Å². The second kappa shape index (κ2) is 5.52. The Balaban J connectivity index is 2.55. The maximum Gasteiger partial charge on any atom is 0.264 e. The molecule has 0 fully saturated rings. The number of nitrogens with zero attached hydrogens (tertiary/aromatic N) is 1. The quantitative estimate of drug-likeness (QED) is 0.809. The smallest absolute Gasteiger partial charge is 0.264 e. The maximum absolute atomic E-state index is 13.9. The van der Waals surface area contributed by atoms with Crippen molar-refractivity contribution in [2.24, 2.45) is 0 Å². The molecule has 1 aromatic heterocycles. The van der Waals surface area contributed by atoms with Crippen LogP contribution in [0.1, 0.15) is 42.9 Å². The number of fused-ring (bicyclic) bond motifs is 1. The number of hydrogen-bond donors (Lipinski definition) is 0. The molecule has 0 aliphatic heterocycles. The highest BCUT2D eigenvalue weighted by molar-refractivity contribution is 7.21. The van der Waals surface area contributed by atoms with Crippen molar-refractivity contribution in [1.29, 1.82) is 0 Å². The zero-order valence-electron chi connectivity index (χ0n) is 12.5. The highest BCUT2D eigenvalue weighted by atomic mass is 32.1. The zero-order valence-corrected chi connectivity index (χ0v) is 13.3. The molecule has 0 saturated heterocycles. The molecule has 0 N–H and O–H groups in total. The minimum absolute atomic E-state index is 0.00639. The Kier molecular flexibility index (Phi) is 4.14. The van der Waals surface area contributed by atoms with Crippen LogP contribution in [-0.2, 0) is 0 Å². The summed E-state index contributed by atoms with van der Waals surface area (Å²) in [7, 11) is 0. The summed E-state index contributed by atoms with van der Waals surface area (Å²) in [6.45, 7) is 9.83. The lowest BCUT2D eigenvalue weighted by Gasteiger charge is -2.30. The lowest BCUT2D eigenvalue weighted by molar-refractivity contribution is 0.0648. The van der Waals surface area contributed by atoms with Crippen LogP contribution in [0.3, 0.4) is 0 Å². The molecule has 1 heterocycles. The van der Waals surface area contributed by atoms with E-state index in [4.69, 9.17) is 0 Å². The lowest BCUT2D eigenvalue weighted by atomic mass is 10.1.